The molecule has 0 amide bonds. The lowest BCUT2D eigenvalue weighted by Gasteiger charge is -2.22. The van der Waals surface area contributed by atoms with Crippen molar-refractivity contribution in [2.45, 2.75) is 65.7 Å². The van der Waals surface area contributed by atoms with Gasteiger partial charge in [-0.15, -0.1) is 0 Å². The van der Waals surface area contributed by atoms with Gasteiger partial charge in [-0.05, 0) is 89.0 Å². The summed E-state index contributed by atoms with van der Waals surface area (Å²) in [6, 6.07) is 8.60. The Hall–Kier alpha value is -2.33. The normalized spacial score (nSPS) is 14.1. The second kappa shape index (κ2) is 15.6. The van der Waals surface area contributed by atoms with Crippen molar-refractivity contribution in [2.75, 3.05) is 25.9 Å². The highest BCUT2D eigenvalue weighted by Crippen LogP contribution is 2.26. The average Bonchev–Trinajstić information content (AvgIpc) is 3.33. The maximum atomic E-state index is 4.97. The first-order valence-corrected chi connectivity index (χ1v) is 13.8. The summed E-state index contributed by atoms with van der Waals surface area (Å²) in [6.07, 6.45) is 6.17. The Kier molecular flexibility index (Phi) is 12.9. The number of rotatable bonds is 13. The van der Waals surface area contributed by atoms with Crippen molar-refractivity contribution >= 4 is 23.2 Å². The largest absolute Gasteiger partial charge is 0.335 e. The van der Waals surface area contributed by atoms with Crippen molar-refractivity contribution < 1.29 is 0 Å². The van der Waals surface area contributed by atoms with Crippen LogP contribution >= 0.6 is 11.8 Å². The molecule has 5 nitrogen and oxygen atoms in total. The van der Waals surface area contributed by atoms with Crippen LogP contribution in [-0.4, -0.2) is 47.6 Å². The van der Waals surface area contributed by atoms with Crippen LogP contribution in [0.1, 0.15) is 82.3 Å². The van der Waals surface area contributed by atoms with E-state index in [-0.39, 0.29) is 6.04 Å². The van der Waals surface area contributed by atoms with E-state index in [1.54, 1.807) is 0 Å². The Morgan fingerprint density at radius 2 is 1.91 bits per heavy atom. The number of H-pyrrole nitrogens is 1. The third-order valence-electron chi connectivity index (χ3n) is 5.74. The third kappa shape index (κ3) is 9.68. The number of aromatic amines is 1. The molecule has 0 radical (unpaired) electrons. The Balaban J connectivity index is 2.05. The van der Waals surface area contributed by atoms with Crippen molar-refractivity contribution in [2.24, 2.45) is 10.9 Å². The highest BCUT2D eigenvalue weighted by molar-refractivity contribution is 7.99. The summed E-state index contributed by atoms with van der Waals surface area (Å²) in [5.41, 5.74) is 5.03. The van der Waals surface area contributed by atoms with Crippen LogP contribution in [0.3, 0.4) is 0 Å². The van der Waals surface area contributed by atoms with Crippen LogP contribution < -0.4 is 10.6 Å². The van der Waals surface area contributed by atoms with E-state index in [4.69, 9.17) is 4.99 Å². The second-order valence-corrected chi connectivity index (χ2v) is 10.5. The molecule has 6 heteroatoms. The first kappa shape index (κ1) is 28.9. The van der Waals surface area contributed by atoms with Gasteiger partial charge >= 0.3 is 0 Å². The third-order valence-corrected chi connectivity index (χ3v) is 6.99. The Bertz CT molecular complexity index is 1010. The van der Waals surface area contributed by atoms with Crippen molar-refractivity contribution in [1.82, 2.24) is 20.6 Å². The van der Waals surface area contributed by atoms with Gasteiger partial charge in [-0.2, -0.15) is 11.8 Å². The molecule has 0 aliphatic carbocycles. The van der Waals surface area contributed by atoms with Crippen LogP contribution in [0.4, 0.5) is 0 Å². The number of nitrogens with one attached hydrogen (secondary N) is 3. The first-order chi connectivity index (χ1) is 16.9. The minimum absolute atomic E-state index is 0.281. The molecule has 1 aromatic carbocycles. The smallest absolute Gasteiger partial charge is 0.119 e. The van der Waals surface area contributed by atoms with E-state index in [2.05, 4.69) is 97.4 Å². The number of thioether (sulfide) groups is 1. The van der Waals surface area contributed by atoms with Gasteiger partial charge in [0.25, 0.3) is 0 Å². The van der Waals surface area contributed by atoms with Gasteiger partial charge in [0, 0.05) is 17.3 Å². The predicted molar refractivity (Wildman–Crippen MR) is 154 cm³/mol. The lowest BCUT2D eigenvalue weighted by molar-refractivity contribution is 0.485. The fourth-order valence-electron chi connectivity index (χ4n) is 3.78. The predicted octanol–water partition coefficient (Wildman–Crippen LogP) is 6.06. The van der Waals surface area contributed by atoms with Crippen LogP contribution in [-0.2, 0) is 0 Å². The minimum Gasteiger partial charge on any atom is -0.335 e. The van der Waals surface area contributed by atoms with Gasteiger partial charge in [-0.1, -0.05) is 44.9 Å². The maximum Gasteiger partial charge on any atom is 0.119 e. The number of hydrogen-bond donors (Lipinski definition) is 3. The van der Waals surface area contributed by atoms with E-state index in [0.29, 0.717) is 11.2 Å². The molecule has 1 heterocycles. The van der Waals surface area contributed by atoms with Crippen molar-refractivity contribution in [3.8, 4) is 11.8 Å². The molecule has 0 aliphatic heterocycles. The van der Waals surface area contributed by atoms with E-state index in [1.807, 2.05) is 31.9 Å². The molecule has 0 spiro atoms. The standard InChI is InChI=1S/C29H43N5S/c1-8-17-31-28(21(3)4)22(5)33-27(9-2)25-14-11-24(12-15-25)13-16-26-20-32-29(34-26)23(6)35-19-10-18-30-7/h9,11-12,14-15,20-21,23,28,30-31H,8,10,17-19H2,1-7H3,(H,32,34). The van der Waals surface area contributed by atoms with Crippen LogP contribution in [0.2, 0.25) is 0 Å². The molecule has 1 aromatic heterocycles. The van der Waals surface area contributed by atoms with E-state index in [0.717, 1.165) is 65.7 Å². The molecule has 2 atom stereocenters. The van der Waals surface area contributed by atoms with Gasteiger partial charge in [0.15, 0.2) is 0 Å². The van der Waals surface area contributed by atoms with Gasteiger partial charge in [-0.3, -0.25) is 4.99 Å². The SMILES string of the molecule is CC=C(N=C(C)C(NCCC)C(C)C)c1ccc(C#Cc2cnc(C(C)SCCCNC)[nH]2)cc1. The number of aromatic nitrogens is 2. The topological polar surface area (TPSA) is 65.1 Å². The highest BCUT2D eigenvalue weighted by Gasteiger charge is 2.16. The summed E-state index contributed by atoms with van der Waals surface area (Å²) in [6.45, 7) is 15.1. The number of hydrogen-bond acceptors (Lipinski definition) is 5. The first-order valence-electron chi connectivity index (χ1n) is 12.8. The molecular formula is C29H43N5S. The molecule has 0 aliphatic rings. The molecule has 0 saturated carbocycles. The summed E-state index contributed by atoms with van der Waals surface area (Å²) < 4.78 is 0. The molecule has 2 unspecified atom stereocenters. The summed E-state index contributed by atoms with van der Waals surface area (Å²) in [4.78, 5) is 12.9. The number of imidazole rings is 1. The molecule has 0 saturated heterocycles. The van der Waals surface area contributed by atoms with Crippen LogP contribution in [0, 0.1) is 17.8 Å². The zero-order valence-electron chi connectivity index (χ0n) is 22.5. The number of benzene rings is 1. The lowest BCUT2D eigenvalue weighted by atomic mass is 9.99. The molecular weight excluding hydrogens is 450 g/mol. The maximum absolute atomic E-state index is 4.97. The number of aliphatic imine (C=N–C) groups is 1. The molecule has 190 valence electrons. The highest BCUT2D eigenvalue weighted by atomic mass is 32.2. The van der Waals surface area contributed by atoms with E-state index in [9.17, 15) is 0 Å². The molecule has 3 N–H and O–H groups in total. The second-order valence-electron chi connectivity index (χ2n) is 9.08. The Morgan fingerprint density at radius 3 is 2.54 bits per heavy atom. The zero-order valence-corrected chi connectivity index (χ0v) is 23.4. The van der Waals surface area contributed by atoms with Gasteiger partial charge in [-0.25, -0.2) is 4.98 Å². The number of allylic oxidation sites excluding steroid dienone is 1. The zero-order chi connectivity index (χ0) is 25.6. The fourth-order valence-corrected chi connectivity index (χ4v) is 4.72. The fraction of sp³-hybridized carbons (Fsp3) is 0.517. The van der Waals surface area contributed by atoms with Crippen LogP contribution in [0.5, 0.6) is 0 Å². The van der Waals surface area contributed by atoms with E-state index >= 15 is 0 Å². The molecule has 2 rings (SSSR count). The van der Waals surface area contributed by atoms with E-state index < -0.39 is 0 Å². The van der Waals surface area contributed by atoms with Crippen LogP contribution in [0.15, 0.2) is 41.5 Å². The number of nitrogens with zero attached hydrogens (tertiary/aromatic N) is 2. The van der Waals surface area contributed by atoms with Crippen molar-refractivity contribution in [3.05, 3.63) is 59.2 Å². The van der Waals surface area contributed by atoms with Gasteiger partial charge in [0.05, 0.1) is 17.1 Å². The molecule has 0 fully saturated rings. The van der Waals surface area contributed by atoms with E-state index in [1.165, 1.54) is 0 Å². The monoisotopic (exact) mass is 493 g/mol. The van der Waals surface area contributed by atoms with Crippen molar-refractivity contribution in [1.29, 1.82) is 0 Å². The minimum atomic E-state index is 0.281. The summed E-state index contributed by atoms with van der Waals surface area (Å²) >= 11 is 1.91. The van der Waals surface area contributed by atoms with Crippen LogP contribution in [0.25, 0.3) is 5.70 Å². The summed E-state index contributed by atoms with van der Waals surface area (Å²) in [5, 5.41) is 7.14. The lowest BCUT2D eigenvalue weighted by Crippen LogP contribution is -2.40. The molecule has 35 heavy (non-hydrogen) atoms. The molecule has 2 aromatic rings. The molecule has 0 bridgehead atoms. The quantitative estimate of drug-likeness (QED) is 0.180. The Labute approximate surface area is 217 Å². The van der Waals surface area contributed by atoms with Gasteiger partial charge in [0.1, 0.15) is 11.5 Å². The average molecular weight is 494 g/mol. The summed E-state index contributed by atoms with van der Waals surface area (Å²) in [5.74, 6) is 9.06. The van der Waals surface area contributed by atoms with Gasteiger partial charge in [0.2, 0.25) is 0 Å². The Morgan fingerprint density at radius 1 is 1.17 bits per heavy atom. The van der Waals surface area contributed by atoms with Crippen molar-refractivity contribution in [3.63, 3.8) is 0 Å². The summed E-state index contributed by atoms with van der Waals surface area (Å²) in [7, 11) is 1.99. The van der Waals surface area contributed by atoms with Gasteiger partial charge < -0.3 is 15.6 Å².